The number of carbonyl (C=O) groups excluding carboxylic acids is 1. The summed E-state index contributed by atoms with van der Waals surface area (Å²) in [6.45, 7) is 6.99. The standard InChI is InChI=1S/C22H27BrN4O2S/c1-5-13(2)10-15-14(3)30-22-20(15)21(29)25-18(26-22)11-27(4)12-19(28)24-17-9-7-6-8-16(17)23/h6-9,13H,5,10-12H2,1-4H3,(H,24,28)(H,25,26,29)/t13-/m0/s1. The molecule has 0 bridgehead atoms. The SMILES string of the molecule is CC[C@H](C)Cc1c(C)sc2nc(CN(C)CC(=O)Nc3ccccc3Br)[nH]c(=O)c12. The van der Waals surface area contributed by atoms with Crippen LogP contribution >= 0.6 is 27.3 Å². The average Bonchev–Trinajstić information content (AvgIpc) is 2.98. The molecule has 0 spiro atoms. The summed E-state index contributed by atoms with van der Waals surface area (Å²) in [5.41, 5.74) is 1.75. The van der Waals surface area contributed by atoms with Crippen molar-refractivity contribution in [2.45, 2.75) is 40.2 Å². The maximum atomic E-state index is 12.8. The van der Waals surface area contributed by atoms with Gasteiger partial charge in [0.25, 0.3) is 5.56 Å². The van der Waals surface area contributed by atoms with Crippen LogP contribution in [0.1, 0.15) is 36.5 Å². The van der Waals surface area contributed by atoms with E-state index in [0.29, 0.717) is 18.3 Å². The number of likely N-dealkylation sites (N-methyl/N-ethyl adjacent to an activating group) is 1. The van der Waals surface area contributed by atoms with Gasteiger partial charge in [-0.15, -0.1) is 11.3 Å². The molecule has 1 atom stereocenters. The normalized spacial score (nSPS) is 12.5. The van der Waals surface area contributed by atoms with Crippen LogP contribution in [-0.4, -0.2) is 34.4 Å². The molecule has 3 rings (SSSR count). The van der Waals surface area contributed by atoms with Crippen LogP contribution in [-0.2, 0) is 17.8 Å². The summed E-state index contributed by atoms with van der Waals surface area (Å²) in [5, 5.41) is 3.60. The fourth-order valence-electron chi connectivity index (χ4n) is 3.34. The number of para-hydroxylation sites is 1. The maximum Gasteiger partial charge on any atom is 0.259 e. The van der Waals surface area contributed by atoms with Crippen molar-refractivity contribution < 1.29 is 4.79 Å². The summed E-state index contributed by atoms with van der Waals surface area (Å²) in [4.78, 5) is 36.5. The summed E-state index contributed by atoms with van der Waals surface area (Å²) < 4.78 is 0.832. The molecule has 8 heteroatoms. The van der Waals surface area contributed by atoms with Crippen LogP contribution in [0.5, 0.6) is 0 Å². The number of nitrogens with one attached hydrogen (secondary N) is 2. The molecule has 0 saturated heterocycles. The van der Waals surface area contributed by atoms with E-state index in [0.717, 1.165) is 43.7 Å². The summed E-state index contributed by atoms with van der Waals surface area (Å²) in [7, 11) is 1.83. The van der Waals surface area contributed by atoms with Crippen molar-refractivity contribution in [3.05, 3.63) is 55.4 Å². The first-order valence-electron chi connectivity index (χ1n) is 10.0. The smallest absolute Gasteiger partial charge is 0.259 e. The Kier molecular flexibility index (Phi) is 7.44. The number of thiophene rings is 1. The van der Waals surface area contributed by atoms with Crippen LogP contribution < -0.4 is 10.9 Å². The minimum atomic E-state index is -0.129. The molecule has 0 unspecified atom stereocenters. The van der Waals surface area contributed by atoms with Gasteiger partial charge < -0.3 is 10.3 Å². The summed E-state index contributed by atoms with van der Waals surface area (Å²) in [5.74, 6) is 0.963. The number of nitrogens with zero attached hydrogens (tertiary/aromatic N) is 2. The molecule has 0 radical (unpaired) electrons. The highest BCUT2D eigenvalue weighted by atomic mass is 79.9. The lowest BCUT2D eigenvalue weighted by molar-refractivity contribution is -0.117. The van der Waals surface area contributed by atoms with Crippen LogP contribution in [0.2, 0.25) is 0 Å². The molecule has 1 aromatic carbocycles. The van der Waals surface area contributed by atoms with Gasteiger partial charge in [-0.1, -0.05) is 32.4 Å². The van der Waals surface area contributed by atoms with Gasteiger partial charge in [-0.05, 0) is 59.9 Å². The van der Waals surface area contributed by atoms with Crippen molar-refractivity contribution in [3.8, 4) is 0 Å². The molecule has 2 heterocycles. The highest BCUT2D eigenvalue weighted by Gasteiger charge is 2.17. The minimum absolute atomic E-state index is 0.0938. The van der Waals surface area contributed by atoms with Crippen LogP contribution in [0.15, 0.2) is 33.5 Å². The molecule has 0 saturated carbocycles. The topological polar surface area (TPSA) is 78.1 Å². The van der Waals surface area contributed by atoms with Gasteiger partial charge in [-0.25, -0.2) is 4.98 Å². The zero-order chi connectivity index (χ0) is 21.8. The lowest BCUT2D eigenvalue weighted by Gasteiger charge is -2.16. The number of fused-ring (bicyclic) bond motifs is 1. The molecule has 0 aliphatic carbocycles. The van der Waals surface area contributed by atoms with Crippen LogP contribution in [0.4, 0.5) is 5.69 Å². The van der Waals surface area contributed by atoms with Gasteiger partial charge in [0.15, 0.2) is 0 Å². The fraction of sp³-hybridized carbons (Fsp3) is 0.409. The van der Waals surface area contributed by atoms with Gasteiger partial charge in [-0.2, -0.15) is 0 Å². The quantitative estimate of drug-likeness (QED) is 0.478. The number of amides is 1. The van der Waals surface area contributed by atoms with Gasteiger partial charge in [0.2, 0.25) is 5.91 Å². The maximum absolute atomic E-state index is 12.8. The van der Waals surface area contributed by atoms with Gasteiger partial charge in [0.05, 0.1) is 24.2 Å². The number of benzene rings is 1. The van der Waals surface area contributed by atoms with E-state index in [1.165, 1.54) is 0 Å². The number of anilines is 1. The number of carbonyl (C=O) groups is 1. The van der Waals surface area contributed by atoms with E-state index >= 15 is 0 Å². The Morgan fingerprint density at radius 1 is 1.37 bits per heavy atom. The zero-order valence-electron chi connectivity index (χ0n) is 17.7. The molecule has 2 N–H and O–H groups in total. The number of rotatable bonds is 8. The van der Waals surface area contributed by atoms with E-state index in [4.69, 9.17) is 0 Å². The summed E-state index contributed by atoms with van der Waals surface area (Å²) >= 11 is 5.00. The van der Waals surface area contributed by atoms with E-state index < -0.39 is 0 Å². The molecular weight excluding hydrogens is 464 g/mol. The van der Waals surface area contributed by atoms with Crippen molar-refractivity contribution in [2.24, 2.45) is 5.92 Å². The summed E-state index contributed by atoms with van der Waals surface area (Å²) in [6, 6.07) is 7.48. The van der Waals surface area contributed by atoms with Gasteiger partial charge >= 0.3 is 0 Å². The molecule has 160 valence electrons. The van der Waals surface area contributed by atoms with E-state index in [-0.39, 0.29) is 18.0 Å². The number of hydrogen-bond donors (Lipinski definition) is 2. The second-order valence-corrected chi connectivity index (χ2v) is 9.80. The summed E-state index contributed by atoms with van der Waals surface area (Å²) in [6.07, 6.45) is 1.97. The first kappa shape index (κ1) is 22.7. The van der Waals surface area contributed by atoms with E-state index in [9.17, 15) is 9.59 Å². The number of hydrogen-bond acceptors (Lipinski definition) is 5. The largest absolute Gasteiger partial charge is 0.324 e. The number of halogens is 1. The Morgan fingerprint density at radius 3 is 2.80 bits per heavy atom. The Hall–Kier alpha value is -2.03. The number of H-pyrrole nitrogens is 1. The zero-order valence-corrected chi connectivity index (χ0v) is 20.1. The minimum Gasteiger partial charge on any atom is -0.324 e. The molecule has 30 heavy (non-hydrogen) atoms. The van der Waals surface area contributed by atoms with Crippen LogP contribution in [0.3, 0.4) is 0 Å². The molecule has 2 aromatic heterocycles. The first-order chi connectivity index (χ1) is 14.3. The Labute approximate surface area is 188 Å². The third-order valence-electron chi connectivity index (χ3n) is 5.14. The van der Waals surface area contributed by atoms with Crippen molar-refractivity contribution in [1.82, 2.24) is 14.9 Å². The second-order valence-electron chi connectivity index (χ2n) is 7.75. The van der Waals surface area contributed by atoms with Crippen molar-refractivity contribution >= 4 is 49.1 Å². The van der Waals surface area contributed by atoms with E-state index in [2.05, 4.69) is 52.0 Å². The lowest BCUT2D eigenvalue weighted by atomic mass is 9.98. The van der Waals surface area contributed by atoms with Gasteiger partial charge in [-0.3, -0.25) is 14.5 Å². The highest BCUT2D eigenvalue weighted by Crippen LogP contribution is 2.29. The Bertz CT molecular complexity index is 1110. The molecular formula is C22H27BrN4O2S. The molecule has 3 aromatic rings. The number of aromatic amines is 1. The van der Waals surface area contributed by atoms with Gasteiger partial charge in [0.1, 0.15) is 10.7 Å². The molecule has 0 aliphatic heterocycles. The van der Waals surface area contributed by atoms with Crippen molar-refractivity contribution in [2.75, 3.05) is 18.9 Å². The van der Waals surface area contributed by atoms with Crippen molar-refractivity contribution in [1.29, 1.82) is 0 Å². The molecule has 6 nitrogen and oxygen atoms in total. The second kappa shape index (κ2) is 9.85. The molecule has 0 fully saturated rings. The van der Waals surface area contributed by atoms with E-state index in [1.807, 2.05) is 36.2 Å². The monoisotopic (exact) mass is 490 g/mol. The Balaban J connectivity index is 1.72. The Morgan fingerprint density at radius 2 is 2.10 bits per heavy atom. The van der Waals surface area contributed by atoms with Gasteiger partial charge in [0, 0.05) is 9.35 Å². The molecule has 0 aliphatic rings. The van der Waals surface area contributed by atoms with E-state index in [1.54, 1.807) is 11.3 Å². The average molecular weight is 491 g/mol. The predicted octanol–water partition coefficient (Wildman–Crippen LogP) is 4.71. The van der Waals surface area contributed by atoms with Crippen molar-refractivity contribution in [3.63, 3.8) is 0 Å². The highest BCUT2D eigenvalue weighted by molar-refractivity contribution is 9.10. The third-order valence-corrected chi connectivity index (χ3v) is 6.88. The third kappa shape index (κ3) is 5.36. The number of aromatic nitrogens is 2. The fourth-order valence-corrected chi connectivity index (χ4v) is 4.80. The van der Waals surface area contributed by atoms with Crippen LogP contribution in [0.25, 0.3) is 10.2 Å². The predicted molar refractivity (Wildman–Crippen MR) is 127 cm³/mol. The number of aryl methyl sites for hydroxylation is 1. The lowest BCUT2D eigenvalue weighted by Crippen LogP contribution is -2.31. The first-order valence-corrected chi connectivity index (χ1v) is 11.6. The molecule has 1 amide bonds. The van der Waals surface area contributed by atoms with Crippen LogP contribution in [0, 0.1) is 12.8 Å².